The molecule has 5 nitrogen and oxygen atoms in total. The molecule has 0 unspecified atom stereocenters. The van der Waals surface area contributed by atoms with Gasteiger partial charge in [-0.1, -0.05) is 30.3 Å². The Morgan fingerprint density at radius 2 is 1.77 bits per heavy atom. The molecule has 0 aliphatic carbocycles. The van der Waals surface area contributed by atoms with Crippen LogP contribution in [0.2, 0.25) is 0 Å². The predicted octanol–water partition coefficient (Wildman–Crippen LogP) is 1.47. The van der Waals surface area contributed by atoms with Gasteiger partial charge in [0.25, 0.3) is 5.91 Å². The van der Waals surface area contributed by atoms with Gasteiger partial charge in [0.2, 0.25) is 6.54 Å². The lowest BCUT2D eigenvalue weighted by Gasteiger charge is -2.05. The van der Waals surface area contributed by atoms with Crippen molar-refractivity contribution in [3.8, 4) is 0 Å². The van der Waals surface area contributed by atoms with E-state index in [2.05, 4.69) is 5.32 Å². The second-order valence-corrected chi connectivity index (χ2v) is 4.73. The van der Waals surface area contributed by atoms with Gasteiger partial charge in [0.1, 0.15) is 0 Å². The molecule has 0 aliphatic heterocycles. The number of carbonyl (C=O) groups excluding carboxylic acids is 2. The zero-order valence-electron chi connectivity index (χ0n) is 12.5. The van der Waals surface area contributed by atoms with Crippen LogP contribution in [-0.2, 0) is 22.6 Å². The van der Waals surface area contributed by atoms with Crippen molar-refractivity contribution in [3.05, 3.63) is 66.0 Å². The van der Waals surface area contributed by atoms with Gasteiger partial charge in [0.15, 0.2) is 12.4 Å². The van der Waals surface area contributed by atoms with Gasteiger partial charge in [0.05, 0.1) is 12.2 Å². The van der Waals surface area contributed by atoms with E-state index >= 15 is 0 Å². The molecule has 1 N–H and O–H groups in total. The lowest BCUT2D eigenvalue weighted by atomic mass is 10.2. The standard InChI is InChI=1S/C17H18N2O3/c1-2-22-16(20)13-19-10-8-15(9-11-19)17(21)18-12-14-6-4-3-5-7-14/h3-11H,2,12-13H2,1H3/p+1. The van der Waals surface area contributed by atoms with Crippen molar-refractivity contribution < 1.29 is 18.9 Å². The minimum Gasteiger partial charge on any atom is -0.461 e. The smallest absolute Gasteiger partial charge is 0.372 e. The van der Waals surface area contributed by atoms with Gasteiger partial charge in [0, 0.05) is 18.7 Å². The van der Waals surface area contributed by atoms with E-state index in [9.17, 15) is 9.59 Å². The van der Waals surface area contributed by atoms with Crippen molar-refractivity contribution in [2.75, 3.05) is 6.61 Å². The first-order chi connectivity index (χ1) is 10.7. The van der Waals surface area contributed by atoms with E-state index in [0.717, 1.165) is 5.56 Å². The third kappa shape index (κ3) is 4.70. The highest BCUT2D eigenvalue weighted by atomic mass is 16.5. The highest BCUT2D eigenvalue weighted by Crippen LogP contribution is 2.00. The number of hydrogen-bond acceptors (Lipinski definition) is 3. The number of nitrogens with zero attached hydrogens (tertiary/aromatic N) is 1. The Morgan fingerprint density at radius 1 is 1.09 bits per heavy atom. The van der Waals surface area contributed by atoms with E-state index in [0.29, 0.717) is 18.7 Å². The maximum absolute atomic E-state index is 12.0. The molecule has 1 aromatic carbocycles. The second kappa shape index (κ2) is 7.93. The Bertz CT molecular complexity index is 624. The molecule has 2 rings (SSSR count). The number of nitrogens with one attached hydrogen (secondary N) is 1. The summed E-state index contributed by atoms with van der Waals surface area (Å²) in [5.74, 6) is -0.444. The fourth-order valence-electron chi connectivity index (χ4n) is 1.95. The van der Waals surface area contributed by atoms with Gasteiger partial charge in [-0.05, 0) is 12.5 Å². The van der Waals surface area contributed by atoms with Crippen LogP contribution in [0.25, 0.3) is 0 Å². The Balaban J connectivity index is 1.89. The first-order valence-electron chi connectivity index (χ1n) is 7.16. The summed E-state index contributed by atoms with van der Waals surface area (Å²) in [6, 6.07) is 13.1. The Labute approximate surface area is 129 Å². The molecule has 0 fully saturated rings. The number of ether oxygens (including phenoxy) is 1. The van der Waals surface area contributed by atoms with Gasteiger partial charge in [-0.2, -0.15) is 4.57 Å². The van der Waals surface area contributed by atoms with E-state index in [-0.39, 0.29) is 18.4 Å². The van der Waals surface area contributed by atoms with Gasteiger partial charge in [-0.3, -0.25) is 4.79 Å². The maximum Gasteiger partial charge on any atom is 0.372 e. The Morgan fingerprint density at radius 3 is 2.41 bits per heavy atom. The molecule has 1 heterocycles. The highest BCUT2D eigenvalue weighted by molar-refractivity contribution is 5.93. The number of pyridine rings is 1. The largest absolute Gasteiger partial charge is 0.461 e. The number of esters is 1. The summed E-state index contributed by atoms with van der Waals surface area (Å²) in [7, 11) is 0. The first kappa shape index (κ1) is 15.7. The van der Waals surface area contributed by atoms with E-state index in [1.165, 1.54) is 0 Å². The van der Waals surface area contributed by atoms with Crippen molar-refractivity contribution >= 4 is 11.9 Å². The Kier molecular flexibility index (Phi) is 5.65. The lowest BCUT2D eigenvalue weighted by molar-refractivity contribution is -0.686. The monoisotopic (exact) mass is 299 g/mol. The van der Waals surface area contributed by atoms with E-state index in [4.69, 9.17) is 4.74 Å². The molecule has 114 valence electrons. The SMILES string of the molecule is CCOC(=O)C[n+]1ccc(C(=O)NCc2ccccc2)cc1. The van der Waals surface area contributed by atoms with Crippen molar-refractivity contribution in [1.29, 1.82) is 0 Å². The van der Waals surface area contributed by atoms with Crippen LogP contribution in [-0.4, -0.2) is 18.5 Å². The Hall–Kier alpha value is -2.69. The minimum absolute atomic E-state index is 0.139. The summed E-state index contributed by atoms with van der Waals surface area (Å²) in [6.07, 6.45) is 3.38. The van der Waals surface area contributed by atoms with Gasteiger partial charge in [-0.15, -0.1) is 0 Å². The van der Waals surface area contributed by atoms with E-state index in [1.807, 2.05) is 30.3 Å². The summed E-state index contributed by atoms with van der Waals surface area (Å²) in [4.78, 5) is 23.4. The number of benzene rings is 1. The average molecular weight is 299 g/mol. The summed E-state index contributed by atoms with van der Waals surface area (Å²) < 4.78 is 6.54. The lowest BCUT2D eigenvalue weighted by Crippen LogP contribution is -2.38. The van der Waals surface area contributed by atoms with E-state index in [1.54, 1.807) is 36.0 Å². The molecule has 0 aliphatic rings. The zero-order valence-corrected chi connectivity index (χ0v) is 12.5. The predicted molar refractivity (Wildman–Crippen MR) is 80.9 cm³/mol. The summed E-state index contributed by atoms with van der Waals surface area (Å²) in [6.45, 7) is 2.75. The average Bonchev–Trinajstić information content (AvgIpc) is 2.54. The number of aromatic nitrogens is 1. The zero-order chi connectivity index (χ0) is 15.8. The number of hydrogen-bond donors (Lipinski definition) is 1. The van der Waals surface area contributed by atoms with Crippen molar-refractivity contribution in [2.24, 2.45) is 0 Å². The number of rotatable bonds is 6. The molecule has 0 spiro atoms. The van der Waals surface area contributed by atoms with Crippen molar-refractivity contribution in [1.82, 2.24) is 5.32 Å². The molecule has 0 atom stereocenters. The molecule has 0 bridgehead atoms. The van der Waals surface area contributed by atoms with Crippen LogP contribution in [0.15, 0.2) is 54.9 Å². The van der Waals surface area contributed by atoms with Crippen LogP contribution in [0.1, 0.15) is 22.8 Å². The van der Waals surface area contributed by atoms with Gasteiger partial charge >= 0.3 is 5.97 Å². The minimum atomic E-state index is -0.297. The van der Waals surface area contributed by atoms with Crippen LogP contribution >= 0.6 is 0 Å². The summed E-state index contributed by atoms with van der Waals surface area (Å²) >= 11 is 0. The second-order valence-electron chi connectivity index (χ2n) is 4.73. The normalized spacial score (nSPS) is 10.0. The van der Waals surface area contributed by atoms with Gasteiger partial charge in [-0.25, -0.2) is 4.79 Å². The van der Waals surface area contributed by atoms with Crippen molar-refractivity contribution in [3.63, 3.8) is 0 Å². The molecule has 1 aromatic heterocycles. The van der Waals surface area contributed by atoms with Crippen LogP contribution < -0.4 is 9.88 Å². The molecule has 2 aromatic rings. The van der Waals surface area contributed by atoms with E-state index < -0.39 is 0 Å². The number of carbonyl (C=O) groups is 2. The first-order valence-corrected chi connectivity index (χ1v) is 7.16. The quantitative estimate of drug-likeness (QED) is 0.649. The highest BCUT2D eigenvalue weighted by Gasteiger charge is 2.12. The third-order valence-corrected chi connectivity index (χ3v) is 3.07. The molecule has 1 amide bonds. The van der Waals surface area contributed by atoms with Gasteiger partial charge < -0.3 is 10.1 Å². The molecule has 0 saturated carbocycles. The molecular weight excluding hydrogens is 280 g/mol. The van der Waals surface area contributed by atoms with Crippen molar-refractivity contribution in [2.45, 2.75) is 20.0 Å². The molecular formula is C17H19N2O3+. The molecule has 5 heteroatoms. The van der Waals surface area contributed by atoms with Crippen LogP contribution in [0.4, 0.5) is 0 Å². The number of amides is 1. The van der Waals surface area contributed by atoms with Crippen LogP contribution in [0, 0.1) is 0 Å². The topological polar surface area (TPSA) is 59.3 Å². The maximum atomic E-state index is 12.0. The molecule has 0 radical (unpaired) electrons. The molecule has 22 heavy (non-hydrogen) atoms. The van der Waals surface area contributed by atoms with Crippen LogP contribution in [0.3, 0.4) is 0 Å². The fraction of sp³-hybridized carbons (Fsp3) is 0.235. The molecule has 0 saturated heterocycles. The fourth-order valence-corrected chi connectivity index (χ4v) is 1.95. The summed E-state index contributed by atoms with van der Waals surface area (Å²) in [5.41, 5.74) is 1.60. The van der Waals surface area contributed by atoms with Crippen LogP contribution in [0.5, 0.6) is 0 Å². The summed E-state index contributed by atoms with van der Waals surface area (Å²) in [5, 5.41) is 2.86. The third-order valence-electron chi connectivity index (χ3n) is 3.07.